The molecule has 2 N–H and O–H groups in total. The molecule has 4 rings (SSSR count). The fourth-order valence-corrected chi connectivity index (χ4v) is 3.34. The molecule has 0 radical (unpaired) electrons. The number of anilines is 1. The number of hydrogen-bond donors (Lipinski definition) is 2. The number of tetrazole rings is 1. The van der Waals surface area contributed by atoms with Gasteiger partial charge in [-0.05, 0) is 55.6 Å². The summed E-state index contributed by atoms with van der Waals surface area (Å²) >= 11 is 0. The summed E-state index contributed by atoms with van der Waals surface area (Å²) in [7, 11) is 3.39. The van der Waals surface area contributed by atoms with E-state index in [1.165, 1.54) is 0 Å². The molecular formula is C25H26N6O4. The summed E-state index contributed by atoms with van der Waals surface area (Å²) in [6.45, 7) is 0.297. The number of H-pyrrole nitrogens is 1. The highest BCUT2D eigenvalue weighted by Gasteiger charge is 2.24. The molecule has 0 saturated heterocycles. The van der Waals surface area contributed by atoms with Gasteiger partial charge in [0, 0.05) is 11.8 Å². The van der Waals surface area contributed by atoms with Crippen LogP contribution in [0.4, 0.5) is 5.69 Å². The quantitative estimate of drug-likeness (QED) is 0.338. The number of carbonyl (C=O) groups is 1. The van der Waals surface area contributed by atoms with Crippen molar-refractivity contribution >= 4 is 11.6 Å². The largest absolute Gasteiger partial charge is 0.497 e. The SMILES string of the molecule is COc1cccc(OCC(c2nn[nH]n2)N(C)CC(=O)Nc2ccc(Oc3ccccc3)cc2)c1. The number of amides is 1. The Labute approximate surface area is 202 Å². The Bertz CT molecular complexity index is 1200. The number of nitrogens with one attached hydrogen (secondary N) is 2. The average molecular weight is 475 g/mol. The van der Waals surface area contributed by atoms with Crippen LogP contribution in [0.5, 0.6) is 23.0 Å². The highest BCUT2D eigenvalue weighted by atomic mass is 16.5. The molecule has 0 aliphatic rings. The van der Waals surface area contributed by atoms with Gasteiger partial charge in [0.15, 0.2) is 5.82 Å². The second-order valence-corrected chi connectivity index (χ2v) is 7.68. The van der Waals surface area contributed by atoms with E-state index in [9.17, 15) is 4.79 Å². The van der Waals surface area contributed by atoms with Crippen molar-refractivity contribution < 1.29 is 19.0 Å². The zero-order valence-corrected chi connectivity index (χ0v) is 19.4. The van der Waals surface area contributed by atoms with E-state index in [-0.39, 0.29) is 19.1 Å². The summed E-state index contributed by atoms with van der Waals surface area (Å²) in [5, 5.41) is 17.1. The maximum Gasteiger partial charge on any atom is 0.238 e. The van der Waals surface area contributed by atoms with E-state index in [0.29, 0.717) is 28.8 Å². The predicted molar refractivity (Wildman–Crippen MR) is 130 cm³/mol. The van der Waals surface area contributed by atoms with Crippen LogP contribution in [-0.2, 0) is 4.79 Å². The highest BCUT2D eigenvalue weighted by Crippen LogP contribution is 2.24. The number of likely N-dealkylation sites (N-methyl/N-ethyl adjacent to an activating group) is 1. The molecule has 3 aromatic carbocycles. The smallest absolute Gasteiger partial charge is 0.238 e. The number of nitrogens with zero attached hydrogens (tertiary/aromatic N) is 4. The first-order chi connectivity index (χ1) is 17.1. The number of methoxy groups -OCH3 is 1. The summed E-state index contributed by atoms with van der Waals surface area (Å²) < 4.78 is 17.0. The van der Waals surface area contributed by atoms with E-state index in [4.69, 9.17) is 14.2 Å². The first-order valence-electron chi connectivity index (χ1n) is 10.9. The van der Waals surface area contributed by atoms with Gasteiger partial charge < -0.3 is 19.5 Å². The van der Waals surface area contributed by atoms with Crippen molar-refractivity contribution in [3.8, 4) is 23.0 Å². The van der Waals surface area contributed by atoms with Gasteiger partial charge in [0.25, 0.3) is 0 Å². The molecule has 0 saturated carbocycles. The van der Waals surface area contributed by atoms with Crippen LogP contribution in [0, 0.1) is 0 Å². The van der Waals surface area contributed by atoms with Gasteiger partial charge in [0.05, 0.1) is 13.7 Å². The first-order valence-corrected chi connectivity index (χ1v) is 10.9. The fraction of sp³-hybridized carbons (Fsp3) is 0.200. The van der Waals surface area contributed by atoms with E-state index in [0.717, 1.165) is 5.75 Å². The lowest BCUT2D eigenvalue weighted by Crippen LogP contribution is -2.36. The van der Waals surface area contributed by atoms with E-state index in [1.807, 2.05) is 48.5 Å². The van der Waals surface area contributed by atoms with Gasteiger partial charge in [0.2, 0.25) is 5.91 Å². The van der Waals surface area contributed by atoms with Crippen LogP contribution >= 0.6 is 0 Å². The molecule has 0 spiro atoms. The van der Waals surface area contributed by atoms with Crippen LogP contribution in [0.15, 0.2) is 78.9 Å². The zero-order valence-electron chi connectivity index (χ0n) is 19.4. The van der Waals surface area contributed by atoms with Gasteiger partial charge in [-0.1, -0.05) is 29.5 Å². The summed E-state index contributed by atoms with van der Waals surface area (Å²) in [4.78, 5) is 14.5. The number of ether oxygens (including phenoxy) is 3. The minimum absolute atomic E-state index is 0.0863. The third kappa shape index (κ3) is 6.78. The third-order valence-corrected chi connectivity index (χ3v) is 5.15. The van der Waals surface area contributed by atoms with Crippen LogP contribution in [-0.4, -0.2) is 58.7 Å². The minimum Gasteiger partial charge on any atom is -0.497 e. The number of rotatable bonds is 11. The summed E-state index contributed by atoms with van der Waals surface area (Å²) in [5.74, 6) is 2.97. The average Bonchev–Trinajstić information content (AvgIpc) is 3.41. The lowest BCUT2D eigenvalue weighted by molar-refractivity contribution is -0.117. The van der Waals surface area contributed by atoms with Crippen molar-refractivity contribution in [1.29, 1.82) is 0 Å². The molecule has 10 nitrogen and oxygen atoms in total. The zero-order chi connectivity index (χ0) is 24.5. The monoisotopic (exact) mass is 474 g/mol. The molecule has 1 heterocycles. The molecule has 1 amide bonds. The predicted octanol–water partition coefficient (Wildman–Crippen LogP) is 3.69. The normalized spacial score (nSPS) is 11.6. The topological polar surface area (TPSA) is 114 Å². The van der Waals surface area contributed by atoms with Crippen molar-refractivity contribution in [3.63, 3.8) is 0 Å². The minimum atomic E-state index is -0.410. The Morgan fingerprint density at radius 3 is 2.40 bits per heavy atom. The van der Waals surface area contributed by atoms with Gasteiger partial charge in [-0.25, -0.2) is 0 Å². The number of benzene rings is 3. The highest BCUT2D eigenvalue weighted by molar-refractivity contribution is 5.92. The Morgan fingerprint density at radius 1 is 0.971 bits per heavy atom. The van der Waals surface area contributed by atoms with E-state index >= 15 is 0 Å². The van der Waals surface area contributed by atoms with Crippen LogP contribution in [0.2, 0.25) is 0 Å². The molecular weight excluding hydrogens is 448 g/mol. The molecule has 4 aromatic rings. The number of carbonyl (C=O) groups excluding carboxylic acids is 1. The first kappa shape index (κ1) is 23.7. The molecule has 35 heavy (non-hydrogen) atoms. The van der Waals surface area contributed by atoms with Gasteiger partial charge in [-0.2, -0.15) is 5.21 Å². The van der Waals surface area contributed by atoms with Crippen molar-refractivity contribution in [2.24, 2.45) is 0 Å². The maximum atomic E-state index is 12.7. The van der Waals surface area contributed by atoms with Crippen LogP contribution < -0.4 is 19.5 Å². The molecule has 0 fully saturated rings. The van der Waals surface area contributed by atoms with E-state index < -0.39 is 6.04 Å². The molecule has 1 unspecified atom stereocenters. The molecule has 1 aromatic heterocycles. The Hall–Kier alpha value is -4.44. The van der Waals surface area contributed by atoms with Crippen LogP contribution in [0.1, 0.15) is 11.9 Å². The van der Waals surface area contributed by atoms with Gasteiger partial charge in [0.1, 0.15) is 35.6 Å². The lowest BCUT2D eigenvalue weighted by Gasteiger charge is -2.25. The van der Waals surface area contributed by atoms with Gasteiger partial charge in [-0.15, -0.1) is 10.2 Å². The molecule has 0 aliphatic heterocycles. The maximum absolute atomic E-state index is 12.7. The van der Waals surface area contributed by atoms with Gasteiger partial charge in [-0.3, -0.25) is 9.69 Å². The Balaban J connectivity index is 1.34. The lowest BCUT2D eigenvalue weighted by atomic mass is 10.2. The summed E-state index contributed by atoms with van der Waals surface area (Å²) in [5.41, 5.74) is 0.660. The number of para-hydroxylation sites is 1. The fourth-order valence-electron chi connectivity index (χ4n) is 3.34. The van der Waals surface area contributed by atoms with E-state index in [2.05, 4.69) is 25.9 Å². The van der Waals surface area contributed by atoms with Crippen molar-refractivity contribution in [3.05, 3.63) is 84.7 Å². The molecule has 180 valence electrons. The van der Waals surface area contributed by atoms with E-state index in [1.54, 1.807) is 49.4 Å². The van der Waals surface area contributed by atoms with Crippen LogP contribution in [0.25, 0.3) is 0 Å². The number of aromatic nitrogens is 4. The summed E-state index contributed by atoms with van der Waals surface area (Å²) in [6.07, 6.45) is 0. The van der Waals surface area contributed by atoms with Crippen molar-refractivity contribution in [1.82, 2.24) is 25.5 Å². The second-order valence-electron chi connectivity index (χ2n) is 7.68. The van der Waals surface area contributed by atoms with Crippen molar-refractivity contribution in [2.45, 2.75) is 6.04 Å². The number of aromatic amines is 1. The van der Waals surface area contributed by atoms with Gasteiger partial charge >= 0.3 is 0 Å². The Morgan fingerprint density at radius 2 is 1.69 bits per heavy atom. The number of hydrogen-bond acceptors (Lipinski definition) is 8. The molecule has 1 atom stereocenters. The second kappa shape index (κ2) is 11.6. The van der Waals surface area contributed by atoms with Crippen LogP contribution in [0.3, 0.4) is 0 Å². The Kier molecular flexibility index (Phi) is 7.87. The standard InChI is InChI=1S/C25H26N6O4/c1-31(23(25-27-29-30-28-25)17-34-22-10-6-9-21(15-22)33-2)16-24(32)26-18-11-13-20(14-12-18)35-19-7-4-3-5-8-19/h3-15,23H,16-17H2,1-2H3,(H,26,32)(H,27,28,29,30). The molecule has 10 heteroatoms. The molecule has 0 bridgehead atoms. The van der Waals surface area contributed by atoms with Crippen molar-refractivity contribution in [2.75, 3.05) is 32.6 Å². The molecule has 0 aliphatic carbocycles. The third-order valence-electron chi connectivity index (χ3n) is 5.15. The summed E-state index contributed by atoms with van der Waals surface area (Å²) in [6, 6.07) is 23.6.